The van der Waals surface area contributed by atoms with Gasteiger partial charge in [-0.15, -0.1) is 0 Å². The molecule has 5 heteroatoms. The number of fused-ring (bicyclic) bond motifs is 1. The maximum absolute atomic E-state index is 12.5. The Bertz CT molecular complexity index is 964. The van der Waals surface area contributed by atoms with Crippen molar-refractivity contribution in [1.82, 2.24) is 5.32 Å². The van der Waals surface area contributed by atoms with E-state index in [1.807, 2.05) is 49.4 Å². The second kappa shape index (κ2) is 7.49. The topological polar surface area (TPSA) is 55.4 Å². The van der Waals surface area contributed by atoms with Gasteiger partial charge in [-0.3, -0.25) is 9.59 Å². The molecule has 0 spiro atoms. The van der Waals surface area contributed by atoms with Gasteiger partial charge in [-0.1, -0.05) is 47.7 Å². The van der Waals surface area contributed by atoms with Crippen molar-refractivity contribution in [3.05, 3.63) is 74.6 Å². The lowest BCUT2D eigenvalue weighted by Gasteiger charge is -2.15. The highest BCUT2D eigenvalue weighted by molar-refractivity contribution is 7.12. The Morgan fingerprint density at radius 2 is 1.88 bits per heavy atom. The van der Waals surface area contributed by atoms with Crippen molar-refractivity contribution in [2.45, 2.75) is 19.4 Å². The Morgan fingerprint density at radius 3 is 2.68 bits per heavy atom. The first kappa shape index (κ1) is 17.2. The van der Waals surface area contributed by atoms with Crippen molar-refractivity contribution in [3.63, 3.8) is 0 Å². The molecule has 0 aliphatic rings. The molecule has 2 aromatic carbocycles. The average molecular weight is 353 g/mol. The molecule has 0 fully saturated rings. The van der Waals surface area contributed by atoms with E-state index in [9.17, 15) is 9.59 Å². The Morgan fingerprint density at radius 1 is 1.16 bits per heavy atom. The SMILES string of the molecule is COc1ccccc1CC(C)NC(=O)c1cc2ccccc2c(=O)s1. The molecule has 1 heterocycles. The van der Waals surface area contributed by atoms with Crippen LogP contribution in [-0.4, -0.2) is 19.1 Å². The number of para-hydroxylation sites is 1. The molecule has 0 saturated carbocycles. The lowest BCUT2D eigenvalue weighted by atomic mass is 10.1. The molecule has 25 heavy (non-hydrogen) atoms. The van der Waals surface area contributed by atoms with E-state index < -0.39 is 0 Å². The summed E-state index contributed by atoms with van der Waals surface area (Å²) >= 11 is 0.979. The number of amides is 1. The summed E-state index contributed by atoms with van der Waals surface area (Å²) in [5, 5.41) is 4.40. The average Bonchev–Trinajstić information content (AvgIpc) is 2.62. The van der Waals surface area contributed by atoms with Crippen molar-refractivity contribution in [1.29, 1.82) is 0 Å². The molecule has 0 aliphatic carbocycles. The molecule has 0 bridgehead atoms. The summed E-state index contributed by atoms with van der Waals surface area (Å²) in [6, 6.07) is 16.7. The van der Waals surface area contributed by atoms with E-state index in [4.69, 9.17) is 4.74 Å². The van der Waals surface area contributed by atoms with E-state index in [1.54, 1.807) is 19.2 Å². The van der Waals surface area contributed by atoms with Crippen molar-refractivity contribution < 1.29 is 9.53 Å². The van der Waals surface area contributed by atoms with Crippen molar-refractivity contribution in [2.24, 2.45) is 0 Å². The van der Waals surface area contributed by atoms with Crippen LogP contribution in [0, 0.1) is 0 Å². The quantitative estimate of drug-likeness (QED) is 0.762. The molecule has 0 radical (unpaired) electrons. The zero-order valence-electron chi connectivity index (χ0n) is 14.1. The lowest BCUT2D eigenvalue weighted by molar-refractivity contribution is 0.0944. The number of methoxy groups -OCH3 is 1. The lowest BCUT2D eigenvalue weighted by Crippen LogP contribution is -2.34. The number of hydrogen-bond acceptors (Lipinski definition) is 4. The predicted molar refractivity (Wildman–Crippen MR) is 102 cm³/mol. The van der Waals surface area contributed by atoms with Crippen LogP contribution >= 0.6 is 11.3 Å². The Balaban J connectivity index is 1.77. The van der Waals surface area contributed by atoms with Gasteiger partial charge in [-0.2, -0.15) is 0 Å². The van der Waals surface area contributed by atoms with Gasteiger partial charge in [0, 0.05) is 11.4 Å². The molecular weight excluding hydrogens is 334 g/mol. The minimum Gasteiger partial charge on any atom is -0.496 e. The molecule has 0 aliphatic heterocycles. The van der Waals surface area contributed by atoms with Crippen LogP contribution in [0.1, 0.15) is 22.2 Å². The van der Waals surface area contributed by atoms with Crippen LogP contribution in [0.25, 0.3) is 10.8 Å². The molecule has 0 saturated heterocycles. The third-order valence-corrected chi connectivity index (χ3v) is 4.92. The minimum absolute atomic E-state index is 0.0856. The Hall–Kier alpha value is -2.66. The summed E-state index contributed by atoms with van der Waals surface area (Å²) < 4.78 is 5.25. The van der Waals surface area contributed by atoms with Crippen LogP contribution in [0.2, 0.25) is 0 Å². The van der Waals surface area contributed by atoms with Crippen molar-refractivity contribution >= 4 is 28.0 Å². The van der Waals surface area contributed by atoms with Gasteiger partial charge in [-0.25, -0.2) is 0 Å². The van der Waals surface area contributed by atoms with Gasteiger partial charge >= 0.3 is 0 Å². The molecule has 1 N–H and O–H groups in total. The minimum atomic E-state index is -0.227. The van der Waals surface area contributed by atoms with E-state index in [-0.39, 0.29) is 16.7 Å². The van der Waals surface area contributed by atoms with E-state index >= 15 is 0 Å². The van der Waals surface area contributed by atoms with Gasteiger partial charge in [0.15, 0.2) is 0 Å². The van der Waals surface area contributed by atoms with Crippen molar-refractivity contribution in [3.8, 4) is 5.75 Å². The zero-order valence-corrected chi connectivity index (χ0v) is 14.9. The fraction of sp³-hybridized carbons (Fsp3) is 0.200. The summed E-state index contributed by atoms with van der Waals surface area (Å²) in [7, 11) is 1.63. The monoisotopic (exact) mass is 353 g/mol. The summed E-state index contributed by atoms with van der Waals surface area (Å²) in [6.45, 7) is 1.94. The van der Waals surface area contributed by atoms with Crippen LogP contribution in [-0.2, 0) is 6.42 Å². The summed E-state index contributed by atoms with van der Waals surface area (Å²) in [6.07, 6.45) is 0.651. The van der Waals surface area contributed by atoms with E-state index in [1.165, 1.54) is 0 Å². The Kier molecular flexibility index (Phi) is 5.14. The molecular formula is C20H19NO3S. The van der Waals surface area contributed by atoms with E-state index in [0.29, 0.717) is 16.7 Å². The number of hydrogen-bond donors (Lipinski definition) is 1. The maximum Gasteiger partial charge on any atom is 0.261 e. The van der Waals surface area contributed by atoms with Gasteiger partial charge in [0.1, 0.15) is 5.75 Å². The molecule has 1 atom stereocenters. The molecule has 3 aromatic rings. The van der Waals surface area contributed by atoms with Crippen LogP contribution in [0.4, 0.5) is 0 Å². The predicted octanol–water partition coefficient (Wildman–Crippen LogP) is 3.63. The van der Waals surface area contributed by atoms with Gasteiger partial charge in [-0.05, 0) is 42.5 Å². The van der Waals surface area contributed by atoms with Gasteiger partial charge in [0.2, 0.25) is 4.74 Å². The standard InChI is InChI=1S/C20H19NO3S/c1-13(11-15-8-4-6-10-17(15)24-2)21-19(22)18-12-14-7-3-5-9-16(14)20(23)25-18/h3-10,12-13H,11H2,1-2H3,(H,21,22). The fourth-order valence-electron chi connectivity index (χ4n) is 2.79. The normalized spacial score (nSPS) is 11.9. The van der Waals surface area contributed by atoms with Gasteiger partial charge < -0.3 is 10.1 Å². The first-order valence-corrected chi connectivity index (χ1v) is 8.86. The number of nitrogens with one attached hydrogen (secondary N) is 1. The molecule has 128 valence electrons. The number of ether oxygens (including phenoxy) is 1. The first-order valence-electron chi connectivity index (χ1n) is 8.04. The highest BCUT2D eigenvalue weighted by Gasteiger charge is 2.14. The maximum atomic E-state index is 12.5. The zero-order chi connectivity index (χ0) is 17.8. The summed E-state index contributed by atoms with van der Waals surface area (Å²) in [5.74, 6) is 0.578. The van der Waals surface area contributed by atoms with Gasteiger partial charge in [0.25, 0.3) is 5.91 Å². The fourth-order valence-corrected chi connectivity index (χ4v) is 3.63. The second-order valence-corrected chi connectivity index (χ2v) is 6.89. The highest BCUT2D eigenvalue weighted by atomic mass is 32.1. The summed E-state index contributed by atoms with van der Waals surface area (Å²) in [4.78, 5) is 25.1. The van der Waals surface area contributed by atoms with Crippen LogP contribution in [0.5, 0.6) is 5.75 Å². The van der Waals surface area contributed by atoms with Crippen molar-refractivity contribution in [2.75, 3.05) is 7.11 Å². The molecule has 1 aromatic heterocycles. The number of rotatable bonds is 5. The number of carbonyl (C=O) groups excluding carboxylic acids is 1. The molecule has 1 amide bonds. The van der Waals surface area contributed by atoms with Crippen LogP contribution in [0.3, 0.4) is 0 Å². The third-order valence-electron chi connectivity index (χ3n) is 3.99. The first-order chi connectivity index (χ1) is 12.1. The molecule has 4 nitrogen and oxygen atoms in total. The Labute approximate surface area is 150 Å². The van der Waals surface area contributed by atoms with E-state index in [0.717, 1.165) is 28.0 Å². The molecule has 1 unspecified atom stereocenters. The molecule has 3 rings (SSSR count). The highest BCUT2D eigenvalue weighted by Crippen LogP contribution is 2.19. The van der Waals surface area contributed by atoms with E-state index in [2.05, 4.69) is 5.32 Å². The largest absolute Gasteiger partial charge is 0.496 e. The van der Waals surface area contributed by atoms with Crippen LogP contribution in [0.15, 0.2) is 59.4 Å². The number of carbonyl (C=O) groups is 1. The smallest absolute Gasteiger partial charge is 0.261 e. The number of benzene rings is 2. The second-order valence-electron chi connectivity index (χ2n) is 5.88. The summed E-state index contributed by atoms with van der Waals surface area (Å²) in [5.41, 5.74) is 1.03. The third kappa shape index (κ3) is 3.88. The van der Waals surface area contributed by atoms with Crippen LogP contribution < -0.4 is 14.8 Å². The van der Waals surface area contributed by atoms with Gasteiger partial charge in [0.05, 0.1) is 12.0 Å².